The van der Waals surface area contributed by atoms with E-state index in [4.69, 9.17) is 23.2 Å². The zero-order chi connectivity index (χ0) is 14.3. The van der Waals surface area contributed by atoms with Crippen LogP contribution in [0.5, 0.6) is 0 Å². The summed E-state index contributed by atoms with van der Waals surface area (Å²) in [6.45, 7) is 5.33. The molecule has 2 N–H and O–H groups in total. The van der Waals surface area contributed by atoms with Gasteiger partial charge in [0.1, 0.15) is 0 Å². The molecule has 0 aliphatic rings. The summed E-state index contributed by atoms with van der Waals surface area (Å²) in [7, 11) is 0. The van der Waals surface area contributed by atoms with Crippen LogP contribution in [-0.4, -0.2) is 18.5 Å². The number of hydrogen-bond donors (Lipinski definition) is 2. The van der Waals surface area contributed by atoms with Crippen molar-refractivity contribution in [2.45, 2.75) is 39.3 Å². The molecular formula is C14H20Cl2N2O. The molecule has 0 saturated heterocycles. The third kappa shape index (κ3) is 6.81. The molecule has 1 rings (SSSR count). The molecule has 1 amide bonds. The Morgan fingerprint density at radius 1 is 1.26 bits per heavy atom. The largest absolute Gasteiger partial charge is 0.354 e. The second kappa shape index (κ2) is 8.41. The van der Waals surface area contributed by atoms with Gasteiger partial charge in [-0.1, -0.05) is 30.1 Å². The van der Waals surface area contributed by atoms with Crippen LogP contribution in [-0.2, 0) is 11.3 Å². The lowest BCUT2D eigenvalue weighted by Gasteiger charge is -2.11. The van der Waals surface area contributed by atoms with Crippen molar-refractivity contribution in [3.8, 4) is 0 Å². The lowest BCUT2D eigenvalue weighted by atomic mass is 10.2. The minimum atomic E-state index is 0.0750. The van der Waals surface area contributed by atoms with E-state index < -0.39 is 0 Å². The minimum absolute atomic E-state index is 0.0750. The molecule has 3 nitrogen and oxygen atoms in total. The van der Waals surface area contributed by atoms with E-state index in [1.165, 1.54) is 0 Å². The van der Waals surface area contributed by atoms with Crippen LogP contribution >= 0.6 is 23.2 Å². The van der Waals surface area contributed by atoms with Gasteiger partial charge in [0.25, 0.3) is 0 Å². The topological polar surface area (TPSA) is 41.1 Å². The molecule has 19 heavy (non-hydrogen) atoms. The summed E-state index contributed by atoms with van der Waals surface area (Å²) in [6, 6.07) is 5.66. The number of carbonyl (C=O) groups is 1. The number of hydrogen-bond acceptors (Lipinski definition) is 2. The molecule has 0 saturated carbocycles. The summed E-state index contributed by atoms with van der Waals surface area (Å²) < 4.78 is 0. The average molecular weight is 303 g/mol. The van der Waals surface area contributed by atoms with Crippen LogP contribution < -0.4 is 10.6 Å². The fourth-order valence-corrected chi connectivity index (χ4v) is 2.17. The first-order valence-electron chi connectivity index (χ1n) is 6.46. The number of halogens is 2. The molecular weight excluding hydrogens is 283 g/mol. The van der Waals surface area contributed by atoms with Gasteiger partial charge in [0.05, 0.1) is 0 Å². The van der Waals surface area contributed by atoms with Gasteiger partial charge >= 0.3 is 0 Å². The van der Waals surface area contributed by atoms with Crippen molar-refractivity contribution in [3.63, 3.8) is 0 Å². The van der Waals surface area contributed by atoms with Gasteiger partial charge in [-0.3, -0.25) is 4.79 Å². The first-order valence-corrected chi connectivity index (χ1v) is 7.22. The van der Waals surface area contributed by atoms with E-state index in [0.29, 0.717) is 29.6 Å². The molecule has 0 bridgehead atoms. The Hall–Kier alpha value is -0.770. The molecule has 1 aromatic rings. The molecule has 0 aliphatic heterocycles. The normalized spacial score (nSPS) is 12.2. The van der Waals surface area contributed by atoms with Gasteiger partial charge in [0.2, 0.25) is 5.91 Å². The highest BCUT2D eigenvalue weighted by Gasteiger charge is 2.04. The molecule has 1 atom stereocenters. The Kier molecular flexibility index (Phi) is 7.21. The third-order valence-corrected chi connectivity index (χ3v) is 3.24. The van der Waals surface area contributed by atoms with Crippen LogP contribution in [0.15, 0.2) is 18.2 Å². The van der Waals surface area contributed by atoms with Gasteiger partial charge in [-0.2, -0.15) is 0 Å². The van der Waals surface area contributed by atoms with Gasteiger partial charge in [-0.05, 0) is 37.1 Å². The Labute approximate surface area is 124 Å². The molecule has 0 radical (unpaired) electrons. The van der Waals surface area contributed by atoms with Gasteiger partial charge in [-0.25, -0.2) is 0 Å². The molecule has 0 spiro atoms. The van der Waals surface area contributed by atoms with E-state index in [1.54, 1.807) is 6.07 Å². The van der Waals surface area contributed by atoms with Gasteiger partial charge in [-0.15, -0.1) is 0 Å². The van der Waals surface area contributed by atoms with Crippen molar-refractivity contribution in [2.24, 2.45) is 0 Å². The average Bonchev–Trinajstić information content (AvgIpc) is 2.33. The molecule has 5 heteroatoms. The quantitative estimate of drug-likeness (QED) is 0.758. The second-order valence-corrected chi connectivity index (χ2v) is 5.45. The molecule has 0 heterocycles. The van der Waals surface area contributed by atoms with Crippen molar-refractivity contribution >= 4 is 29.1 Å². The first kappa shape index (κ1) is 16.3. The summed E-state index contributed by atoms with van der Waals surface area (Å²) in [4.78, 5) is 11.5. The summed E-state index contributed by atoms with van der Waals surface area (Å²) in [6.07, 6.45) is 1.42. The smallest absolute Gasteiger partial charge is 0.221 e. The van der Waals surface area contributed by atoms with Gasteiger partial charge < -0.3 is 10.6 Å². The van der Waals surface area contributed by atoms with Crippen molar-refractivity contribution in [1.29, 1.82) is 0 Å². The zero-order valence-electron chi connectivity index (χ0n) is 11.3. The van der Waals surface area contributed by atoms with Crippen LogP contribution in [0.2, 0.25) is 10.0 Å². The van der Waals surface area contributed by atoms with Crippen LogP contribution in [0, 0.1) is 0 Å². The van der Waals surface area contributed by atoms with Gasteiger partial charge in [0.15, 0.2) is 0 Å². The van der Waals surface area contributed by atoms with Gasteiger partial charge in [0, 0.05) is 35.6 Å². The minimum Gasteiger partial charge on any atom is -0.354 e. The summed E-state index contributed by atoms with van der Waals surface area (Å²) >= 11 is 11.8. The summed E-state index contributed by atoms with van der Waals surface area (Å²) in [5, 5.41) is 7.37. The predicted octanol–water partition coefficient (Wildman–Crippen LogP) is 3.39. The van der Waals surface area contributed by atoms with E-state index in [-0.39, 0.29) is 11.9 Å². The maximum atomic E-state index is 11.5. The van der Waals surface area contributed by atoms with E-state index >= 15 is 0 Å². The predicted molar refractivity (Wildman–Crippen MR) is 80.7 cm³/mol. The van der Waals surface area contributed by atoms with Crippen molar-refractivity contribution in [2.75, 3.05) is 6.54 Å². The summed E-state index contributed by atoms with van der Waals surface area (Å²) in [5.74, 6) is 0.0750. The van der Waals surface area contributed by atoms with Crippen LogP contribution in [0.25, 0.3) is 0 Å². The maximum Gasteiger partial charge on any atom is 0.221 e. The highest BCUT2D eigenvalue weighted by molar-refractivity contribution is 6.34. The summed E-state index contributed by atoms with van der Waals surface area (Å²) in [5.41, 5.74) is 1.01. The zero-order valence-corrected chi connectivity index (χ0v) is 12.8. The van der Waals surface area contributed by atoms with Crippen LogP contribution in [0.4, 0.5) is 0 Å². The lowest BCUT2D eigenvalue weighted by Crippen LogP contribution is -2.33. The molecule has 0 fully saturated rings. The lowest BCUT2D eigenvalue weighted by molar-refractivity contribution is -0.121. The van der Waals surface area contributed by atoms with Crippen molar-refractivity contribution < 1.29 is 4.79 Å². The van der Waals surface area contributed by atoms with Crippen LogP contribution in [0.1, 0.15) is 32.3 Å². The number of nitrogens with one attached hydrogen (secondary N) is 2. The number of amides is 1. The van der Waals surface area contributed by atoms with E-state index in [0.717, 1.165) is 12.0 Å². The van der Waals surface area contributed by atoms with Crippen molar-refractivity contribution in [3.05, 3.63) is 33.8 Å². The molecule has 106 valence electrons. The fourth-order valence-electron chi connectivity index (χ4n) is 1.60. The second-order valence-electron chi connectivity index (χ2n) is 4.58. The van der Waals surface area contributed by atoms with E-state index in [2.05, 4.69) is 10.6 Å². The fraction of sp³-hybridized carbons (Fsp3) is 0.500. The van der Waals surface area contributed by atoms with E-state index in [9.17, 15) is 4.79 Å². The number of rotatable bonds is 7. The SMILES string of the molecule is CCC(C)NC(=O)CCNCc1cc(Cl)cc(Cl)c1. The Bertz CT molecular complexity index is 404. The number of benzene rings is 1. The standard InChI is InChI=1S/C14H20Cl2N2O/c1-3-10(2)18-14(19)4-5-17-9-11-6-12(15)8-13(16)7-11/h6-8,10,17H,3-5,9H2,1-2H3,(H,18,19). The molecule has 1 aromatic carbocycles. The Morgan fingerprint density at radius 2 is 1.89 bits per heavy atom. The highest BCUT2D eigenvalue weighted by atomic mass is 35.5. The Balaban J connectivity index is 2.25. The first-order chi connectivity index (χ1) is 9.01. The molecule has 0 aromatic heterocycles. The maximum absolute atomic E-state index is 11.5. The van der Waals surface area contributed by atoms with E-state index in [1.807, 2.05) is 26.0 Å². The molecule has 1 unspecified atom stereocenters. The highest BCUT2D eigenvalue weighted by Crippen LogP contribution is 2.18. The Morgan fingerprint density at radius 3 is 2.47 bits per heavy atom. The molecule has 0 aliphatic carbocycles. The third-order valence-electron chi connectivity index (χ3n) is 2.80. The monoisotopic (exact) mass is 302 g/mol. The van der Waals surface area contributed by atoms with Crippen LogP contribution in [0.3, 0.4) is 0 Å². The van der Waals surface area contributed by atoms with Crippen molar-refractivity contribution in [1.82, 2.24) is 10.6 Å². The number of carbonyl (C=O) groups excluding carboxylic acids is 1.